The normalized spacial score (nSPS) is 11.5. The van der Waals surface area contributed by atoms with E-state index in [2.05, 4.69) is 15.6 Å². The number of amides is 1. The van der Waals surface area contributed by atoms with Gasteiger partial charge in [-0.3, -0.25) is 4.79 Å². The fraction of sp³-hybridized carbons (Fsp3) is 0.357. The Labute approximate surface area is 134 Å². The largest absolute Gasteiger partial charge is 0.435 e. The number of aromatic nitrogens is 3. The summed E-state index contributed by atoms with van der Waals surface area (Å²) in [5.41, 5.74) is -2.45. The molecule has 0 saturated carbocycles. The van der Waals surface area contributed by atoms with Crippen LogP contribution in [0.2, 0.25) is 0 Å². The molecule has 0 aliphatic rings. The van der Waals surface area contributed by atoms with Crippen LogP contribution in [0.25, 0.3) is 5.69 Å². The summed E-state index contributed by atoms with van der Waals surface area (Å²) in [7, 11) is 0. The first-order chi connectivity index (χ1) is 11.3. The molecule has 2 aromatic rings. The monoisotopic (exact) mass is 346 g/mol. The van der Waals surface area contributed by atoms with Crippen molar-refractivity contribution in [3.8, 4) is 5.69 Å². The van der Waals surface area contributed by atoms with Crippen LogP contribution in [0.3, 0.4) is 0 Å². The number of halogens is 4. The van der Waals surface area contributed by atoms with Crippen LogP contribution in [-0.2, 0) is 10.9 Å². The van der Waals surface area contributed by atoms with Gasteiger partial charge in [-0.05, 0) is 25.1 Å². The van der Waals surface area contributed by atoms with Gasteiger partial charge in [0, 0.05) is 13.2 Å². The van der Waals surface area contributed by atoms with Gasteiger partial charge in [-0.1, -0.05) is 11.3 Å². The third-order valence-electron chi connectivity index (χ3n) is 2.94. The van der Waals surface area contributed by atoms with Gasteiger partial charge < -0.3 is 10.1 Å². The van der Waals surface area contributed by atoms with Crippen LogP contribution in [0.15, 0.2) is 24.3 Å². The molecule has 0 unspecified atom stereocenters. The van der Waals surface area contributed by atoms with E-state index in [1.54, 1.807) is 6.92 Å². The number of rotatable bonds is 6. The molecule has 0 atom stereocenters. The molecule has 6 nitrogen and oxygen atoms in total. The van der Waals surface area contributed by atoms with E-state index in [1.807, 2.05) is 0 Å². The average molecular weight is 346 g/mol. The molecule has 1 N–H and O–H groups in total. The maximum absolute atomic E-state index is 13.3. The first kappa shape index (κ1) is 17.9. The maximum atomic E-state index is 13.3. The molecule has 10 heteroatoms. The van der Waals surface area contributed by atoms with Crippen molar-refractivity contribution in [2.75, 3.05) is 19.8 Å². The molecule has 2 rings (SSSR count). The average Bonchev–Trinajstić information content (AvgIpc) is 2.96. The van der Waals surface area contributed by atoms with Crippen LogP contribution in [-0.4, -0.2) is 40.7 Å². The van der Waals surface area contributed by atoms with Crippen molar-refractivity contribution in [2.24, 2.45) is 0 Å². The van der Waals surface area contributed by atoms with Gasteiger partial charge in [-0.25, -0.2) is 9.07 Å². The summed E-state index contributed by atoms with van der Waals surface area (Å²) >= 11 is 0. The van der Waals surface area contributed by atoms with Crippen LogP contribution in [0, 0.1) is 5.82 Å². The van der Waals surface area contributed by atoms with Crippen molar-refractivity contribution in [1.29, 1.82) is 0 Å². The molecular weight excluding hydrogens is 332 g/mol. The summed E-state index contributed by atoms with van der Waals surface area (Å²) in [6.45, 7) is 2.34. The molecule has 0 aliphatic carbocycles. The SMILES string of the molecule is CCOCCNC(=O)c1nnn(-c2cccc(F)c2)c1C(F)(F)F. The zero-order valence-electron chi connectivity index (χ0n) is 12.6. The first-order valence-corrected chi connectivity index (χ1v) is 6.99. The van der Waals surface area contributed by atoms with Gasteiger partial charge >= 0.3 is 6.18 Å². The van der Waals surface area contributed by atoms with E-state index < -0.39 is 29.3 Å². The van der Waals surface area contributed by atoms with Gasteiger partial charge in [0.05, 0.1) is 12.3 Å². The molecule has 0 fully saturated rings. The van der Waals surface area contributed by atoms with Crippen molar-refractivity contribution in [2.45, 2.75) is 13.1 Å². The quantitative estimate of drug-likeness (QED) is 0.643. The third kappa shape index (κ3) is 4.07. The molecule has 1 aromatic heterocycles. The first-order valence-electron chi connectivity index (χ1n) is 6.99. The Morgan fingerprint density at radius 3 is 2.75 bits per heavy atom. The molecule has 0 spiro atoms. The zero-order chi connectivity index (χ0) is 17.7. The minimum absolute atomic E-state index is 0.0246. The van der Waals surface area contributed by atoms with E-state index >= 15 is 0 Å². The highest BCUT2D eigenvalue weighted by atomic mass is 19.4. The summed E-state index contributed by atoms with van der Waals surface area (Å²) in [6.07, 6.45) is -4.90. The molecule has 1 aromatic carbocycles. The number of nitrogens with one attached hydrogen (secondary N) is 1. The number of benzene rings is 1. The Hall–Kier alpha value is -2.49. The van der Waals surface area contributed by atoms with E-state index in [0.29, 0.717) is 11.3 Å². The Kier molecular flexibility index (Phi) is 5.50. The second-order valence-corrected chi connectivity index (χ2v) is 4.63. The summed E-state index contributed by atoms with van der Waals surface area (Å²) in [5.74, 6) is -1.77. The molecule has 0 bridgehead atoms. The molecule has 130 valence electrons. The third-order valence-corrected chi connectivity index (χ3v) is 2.94. The minimum Gasteiger partial charge on any atom is -0.380 e. The predicted octanol–water partition coefficient (Wildman–Crippen LogP) is 2.19. The molecule has 0 aliphatic heterocycles. The van der Waals surface area contributed by atoms with Crippen LogP contribution >= 0.6 is 0 Å². The maximum Gasteiger partial charge on any atom is 0.435 e. The van der Waals surface area contributed by atoms with E-state index in [9.17, 15) is 22.4 Å². The second kappa shape index (κ2) is 7.39. The predicted molar refractivity (Wildman–Crippen MR) is 75.1 cm³/mol. The number of alkyl halides is 3. The molecule has 1 heterocycles. The number of hydrogen-bond donors (Lipinski definition) is 1. The van der Waals surface area contributed by atoms with Gasteiger partial charge in [0.1, 0.15) is 5.82 Å². The topological polar surface area (TPSA) is 69.0 Å². The van der Waals surface area contributed by atoms with Crippen LogP contribution in [0.1, 0.15) is 23.1 Å². The van der Waals surface area contributed by atoms with Crippen molar-refractivity contribution < 1.29 is 27.1 Å². The van der Waals surface area contributed by atoms with Crippen LogP contribution in [0.4, 0.5) is 17.6 Å². The highest BCUT2D eigenvalue weighted by Gasteiger charge is 2.42. The number of carbonyl (C=O) groups excluding carboxylic acids is 1. The zero-order valence-corrected chi connectivity index (χ0v) is 12.6. The summed E-state index contributed by atoms with van der Waals surface area (Å²) < 4.78 is 58.6. The highest BCUT2D eigenvalue weighted by Crippen LogP contribution is 2.32. The van der Waals surface area contributed by atoms with Crippen molar-refractivity contribution in [3.05, 3.63) is 41.5 Å². The van der Waals surface area contributed by atoms with E-state index in [1.165, 1.54) is 12.1 Å². The lowest BCUT2D eigenvalue weighted by atomic mass is 10.2. The lowest BCUT2D eigenvalue weighted by Crippen LogP contribution is -2.30. The molecule has 1 amide bonds. The summed E-state index contributed by atoms with van der Waals surface area (Å²) in [5, 5.41) is 8.92. The van der Waals surface area contributed by atoms with Gasteiger partial charge in [0.25, 0.3) is 5.91 Å². The number of nitrogens with zero attached hydrogens (tertiary/aromatic N) is 3. The Balaban J connectivity index is 2.35. The molecular formula is C14H14F4N4O2. The summed E-state index contributed by atoms with van der Waals surface area (Å²) in [6, 6.07) is 4.40. The fourth-order valence-corrected chi connectivity index (χ4v) is 1.94. The highest BCUT2D eigenvalue weighted by molar-refractivity contribution is 5.93. The van der Waals surface area contributed by atoms with Gasteiger partial charge in [0.15, 0.2) is 11.4 Å². The second-order valence-electron chi connectivity index (χ2n) is 4.63. The lowest BCUT2D eigenvalue weighted by molar-refractivity contribution is -0.143. The van der Waals surface area contributed by atoms with Crippen molar-refractivity contribution in [3.63, 3.8) is 0 Å². The Bertz CT molecular complexity index is 715. The fourth-order valence-electron chi connectivity index (χ4n) is 1.94. The smallest absolute Gasteiger partial charge is 0.380 e. The molecule has 24 heavy (non-hydrogen) atoms. The number of hydrogen-bond acceptors (Lipinski definition) is 4. The van der Waals surface area contributed by atoms with Gasteiger partial charge in [0.2, 0.25) is 0 Å². The number of carbonyl (C=O) groups is 1. The van der Waals surface area contributed by atoms with E-state index in [0.717, 1.165) is 12.1 Å². The standard InChI is InChI=1S/C14H14F4N4O2/c1-2-24-7-6-19-13(23)11-12(14(16,17)18)22(21-20-11)10-5-3-4-9(15)8-10/h3-5,8H,2,6-7H2,1H3,(H,19,23). The minimum atomic E-state index is -4.90. The number of ether oxygens (including phenoxy) is 1. The van der Waals surface area contributed by atoms with E-state index in [-0.39, 0.29) is 18.8 Å². The van der Waals surface area contributed by atoms with Gasteiger partial charge in [-0.2, -0.15) is 13.2 Å². The molecule has 0 radical (unpaired) electrons. The van der Waals surface area contributed by atoms with Crippen LogP contribution in [0.5, 0.6) is 0 Å². The lowest BCUT2D eigenvalue weighted by Gasteiger charge is -2.11. The summed E-state index contributed by atoms with van der Waals surface area (Å²) in [4.78, 5) is 11.9. The Morgan fingerprint density at radius 2 is 2.12 bits per heavy atom. The molecule has 0 saturated heterocycles. The Morgan fingerprint density at radius 1 is 1.38 bits per heavy atom. The van der Waals surface area contributed by atoms with Gasteiger partial charge in [-0.15, -0.1) is 5.10 Å². The van der Waals surface area contributed by atoms with Crippen molar-refractivity contribution >= 4 is 5.91 Å². The van der Waals surface area contributed by atoms with Crippen LogP contribution < -0.4 is 5.32 Å². The van der Waals surface area contributed by atoms with Crippen molar-refractivity contribution in [1.82, 2.24) is 20.3 Å². The van der Waals surface area contributed by atoms with E-state index in [4.69, 9.17) is 4.74 Å².